The Bertz CT molecular complexity index is 2440. The second-order valence-electron chi connectivity index (χ2n) is 21.8. The third-order valence-electron chi connectivity index (χ3n) is 12.3. The maximum atomic E-state index is 13.6. The van der Waals surface area contributed by atoms with Crippen molar-refractivity contribution in [3.05, 3.63) is 70.8 Å². The third-order valence-corrected chi connectivity index (χ3v) is 12.3. The van der Waals surface area contributed by atoms with Crippen LogP contribution in [0, 0.1) is 0 Å². The largest absolute Gasteiger partial charge is 0.443 e. The molecule has 5 aliphatic rings. The van der Waals surface area contributed by atoms with E-state index in [-0.39, 0.29) is 31.1 Å². The first-order valence-corrected chi connectivity index (χ1v) is 25.9. The number of carbonyl (C=O) groups excluding carboxylic acids is 11. The van der Waals surface area contributed by atoms with Gasteiger partial charge in [-0.05, 0) is 152 Å². The first kappa shape index (κ1) is 61.4. The Balaban J connectivity index is 0.000000254. The summed E-state index contributed by atoms with van der Waals surface area (Å²) in [5.74, 6) is -2.83. The van der Waals surface area contributed by atoms with Crippen LogP contribution in [0.3, 0.4) is 0 Å². The van der Waals surface area contributed by atoms with E-state index in [0.29, 0.717) is 54.4 Å². The second kappa shape index (κ2) is 26.0. The molecular formula is C54H76N8O14. The molecule has 76 heavy (non-hydrogen) atoms. The molecule has 3 saturated heterocycles. The van der Waals surface area contributed by atoms with E-state index in [4.69, 9.17) is 23.8 Å². The van der Waals surface area contributed by atoms with Gasteiger partial charge in [-0.25, -0.2) is 44.9 Å². The number of nitrogens with one attached hydrogen (secondary N) is 1. The summed E-state index contributed by atoms with van der Waals surface area (Å²) in [5, 5.41) is 6.87. The number of benzene rings is 2. The zero-order chi connectivity index (χ0) is 57.0. The minimum atomic E-state index is -0.997. The highest BCUT2D eigenvalue weighted by atomic mass is 16.6. The van der Waals surface area contributed by atoms with Gasteiger partial charge < -0.3 is 14.2 Å². The highest BCUT2D eigenvalue weighted by molar-refractivity contribution is 6.23. The molecule has 22 heteroatoms. The Morgan fingerprint density at radius 3 is 1.29 bits per heavy atom. The fraction of sp³-hybridized carbons (Fsp3) is 0.593. The lowest BCUT2D eigenvalue weighted by Crippen LogP contribution is -2.62. The smallest absolute Gasteiger partial charge is 0.429 e. The lowest BCUT2D eigenvalue weighted by atomic mass is 10.1. The fourth-order valence-electron chi connectivity index (χ4n) is 8.99. The molecule has 9 amide bonds. The second-order valence-corrected chi connectivity index (χ2v) is 21.8. The molecule has 5 heterocycles. The Labute approximate surface area is 445 Å². The van der Waals surface area contributed by atoms with Crippen LogP contribution in [0.5, 0.6) is 0 Å². The normalized spacial score (nSPS) is 19.3. The Morgan fingerprint density at radius 1 is 0.539 bits per heavy atom. The number of carbonyl (C=O) groups is 9. The van der Waals surface area contributed by atoms with Gasteiger partial charge in [0.25, 0.3) is 35.4 Å². The Kier molecular flexibility index (Phi) is 21.0. The van der Waals surface area contributed by atoms with Crippen molar-refractivity contribution >= 4 is 59.9 Å². The molecule has 0 unspecified atom stereocenters. The number of fused-ring (bicyclic) bond motifs is 2. The predicted octanol–water partition coefficient (Wildman–Crippen LogP) is 7.39. The summed E-state index contributed by atoms with van der Waals surface area (Å²) in [6.45, 7) is 25.3. The quantitative estimate of drug-likeness (QED) is 0.219. The standard InChI is InChI=1S/C22H29N3O5.C21H27N3O5.C10H20N2O2.CO2/c1-6-17(24-18(26)15-11-7-8-12-16(15)19(24)27)20(28)25-14(2)10-9-13-23(25)21(29)30-22(3,4)5;1-5-16(24-17(25)14-10-6-7-11-15(14)18(24)26)19(27)22-12-8-9-13-23(22)20(28)29-21(2,3)4;1-8-6-5-7-12(11-8)9(13)14-10(2,3)4;2-1-3/h7-8,11-12,14,17H,6,9-10,13H2,1-5H3;6-7,10-11,16H,5,8-9,12-13H2,1-4H3;8,11H,5-7H2,1-4H3;/t14-,17-;16-;8-;/m000./s1. The number of hydrazine groups is 3. The first-order chi connectivity index (χ1) is 35.5. The van der Waals surface area contributed by atoms with Gasteiger partial charge in [0.1, 0.15) is 28.9 Å². The van der Waals surface area contributed by atoms with Crippen molar-refractivity contribution in [1.82, 2.24) is 40.3 Å². The molecule has 7 rings (SSSR count). The summed E-state index contributed by atoms with van der Waals surface area (Å²) in [7, 11) is 0. The third kappa shape index (κ3) is 15.5. The van der Waals surface area contributed by atoms with E-state index >= 15 is 0 Å². The molecule has 0 saturated carbocycles. The number of ether oxygens (including phenoxy) is 3. The summed E-state index contributed by atoms with van der Waals surface area (Å²) in [4.78, 5) is 134. The molecule has 4 atom stereocenters. The molecule has 2 aromatic rings. The van der Waals surface area contributed by atoms with Gasteiger partial charge in [0, 0.05) is 32.2 Å². The van der Waals surface area contributed by atoms with Crippen molar-refractivity contribution < 1.29 is 67.0 Å². The summed E-state index contributed by atoms with van der Waals surface area (Å²) in [6.07, 6.45) is 4.31. The van der Waals surface area contributed by atoms with Crippen LogP contribution in [0.25, 0.3) is 0 Å². The van der Waals surface area contributed by atoms with Crippen LogP contribution in [0.4, 0.5) is 14.4 Å². The number of nitrogens with zero attached hydrogens (tertiary/aromatic N) is 7. The van der Waals surface area contributed by atoms with Crippen LogP contribution < -0.4 is 5.43 Å². The molecule has 0 aromatic heterocycles. The van der Waals surface area contributed by atoms with Crippen molar-refractivity contribution in [3.63, 3.8) is 0 Å². The Morgan fingerprint density at radius 2 is 0.895 bits per heavy atom. The molecule has 416 valence electrons. The van der Waals surface area contributed by atoms with Crippen molar-refractivity contribution in [2.45, 2.75) is 182 Å². The van der Waals surface area contributed by atoms with Gasteiger partial charge in [0.05, 0.1) is 28.3 Å². The van der Waals surface area contributed by atoms with E-state index < -0.39 is 76.5 Å². The van der Waals surface area contributed by atoms with Crippen LogP contribution in [-0.2, 0) is 33.4 Å². The summed E-state index contributed by atoms with van der Waals surface area (Å²) in [5.41, 5.74) is 2.46. The molecule has 0 aliphatic carbocycles. The van der Waals surface area contributed by atoms with Crippen molar-refractivity contribution in [2.75, 3.05) is 26.2 Å². The molecule has 22 nitrogen and oxygen atoms in total. The van der Waals surface area contributed by atoms with Gasteiger partial charge in [-0.2, -0.15) is 9.59 Å². The van der Waals surface area contributed by atoms with Gasteiger partial charge in [0.2, 0.25) is 0 Å². The van der Waals surface area contributed by atoms with Gasteiger partial charge >= 0.3 is 24.4 Å². The zero-order valence-electron chi connectivity index (χ0n) is 46.3. The van der Waals surface area contributed by atoms with Crippen LogP contribution in [0.1, 0.15) is 183 Å². The molecule has 2 aromatic carbocycles. The number of rotatable bonds is 6. The number of imide groups is 2. The highest BCUT2D eigenvalue weighted by Crippen LogP contribution is 2.31. The van der Waals surface area contributed by atoms with E-state index in [9.17, 15) is 43.2 Å². The minimum Gasteiger partial charge on any atom is -0.443 e. The van der Waals surface area contributed by atoms with E-state index in [2.05, 4.69) is 12.3 Å². The van der Waals surface area contributed by atoms with Crippen LogP contribution in [0.15, 0.2) is 48.5 Å². The van der Waals surface area contributed by atoms with Crippen molar-refractivity contribution in [3.8, 4) is 0 Å². The van der Waals surface area contributed by atoms with E-state index in [1.807, 2.05) is 27.7 Å². The molecular weight excluding hydrogens is 985 g/mol. The van der Waals surface area contributed by atoms with Gasteiger partial charge in [-0.15, -0.1) is 0 Å². The topological polar surface area (TPSA) is 250 Å². The lowest BCUT2D eigenvalue weighted by molar-refractivity contribution is -0.191. The maximum absolute atomic E-state index is 13.6. The maximum Gasteiger partial charge on any atom is 0.429 e. The van der Waals surface area contributed by atoms with E-state index in [1.54, 1.807) is 109 Å². The highest BCUT2D eigenvalue weighted by Gasteiger charge is 2.48. The lowest BCUT2D eigenvalue weighted by Gasteiger charge is -2.44. The molecule has 0 radical (unpaired) electrons. The first-order valence-electron chi connectivity index (χ1n) is 25.9. The SMILES string of the molecule is CC[C@@H](C(=O)N1CCCCN1C(=O)OC(C)(C)C)N1C(=O)c2ccccc2C1=O.CC[C@@H](C(=O)N1[C@@H](C)CCCN1C(=O)OC(C)(C)C)N1C(=O)c2ccccc2C1=O.C[C@H]1CCCN(C(=O)OC(C)(C)C)N1.O=C=O. The van der Waals surface area contributed by atoms with Gasteiger partial charge in [-0.1, -0.05) is 38.1 Å². The van der Waals surface area contributed by atoms with E-state index in [1.165, 1.54) is 20.0 Å². The van der Waals surface area contributed by atoms with Crippen LogP contribution in [-0.4, -0.2) is 162 Å². The minimum absolute atomic E-state index is 0.246. The van der Waals surface area contributed by atoms with Gasteiger partial charge in [-0.3, -0.25) is 38.6 Å². The van der Waals surface area contributed by atoms with E-state index in [0.717, 1.165) is 48.4 Å². The van der Waals surface area contributed by atoms with Crippen molar-refractivity contribution in [1.29, 1.82) is 0 Å². The summed E-state index contributed by atoms with van der Waals surface area (Å²) in [6, 6.07) is 11.2. The number of hydrogen-bond donors (Lipinski definition) is 1. The van der Waals surface area contributed by atoms with Gasteiger partial charge in [0.15, 0.2) is 0 Å². The van der Waals surface area contributed by atoms with Crippen molar-refractivity contribution in [2.24, 2.45) is 0 Å². The average molecular weight is 1060 g/mol. The fourth-order valence-corrected chi connectivity index (χ4v) is 8.99. The zero-order valence-corrected chi connectivity index (χ0v) is 46.3. The number of hydrogen-bond acceptors (Lipinski definition) is 15. The molecule has 0 bridgehead atoms. The molecule has 5 aliphatic heterocycles. The summed E-state index contributed by atoms with van der Waals surface area (Å²) >= 11 is 0. The van der Waals surface area contributed by atoms with Crippen LogP contribution in [0.2, 0.25) is 0 Å². The molecule has 0 spiro atoms. The Hall–Kier alpha value is -7.19. The monoisotopic (exact) mass is 1060 g/mol. The molecule has 3 fully saturated rings. The summed E-state index contributed by atoms with van der Waals surface area (Å²) < 4.78 is 16.2. The average Bonchev–Trinajstić information content (AvgIpc) is 3.74. The number of amides is 9. The molecule has 1 N–H and O–H groups in total. The van der Waals surface area contributed by atoms with Crippen LogP contribution >= 0.6 is 0 Å². The predicted molar refractivity (Wildman–Crippen MR) is 274 cm³/mol.